The first kappa shape index (κ1) is 15.7. The Balaban J connectivity index is 1.84. The van der Waals surface area contributed by atoms with E-state index in [0.29, 0.717) is 6.04 Å². The van der Waals surface area contributed by atoms with Crippen molar-refractivity contribution in [3.05, 3.63) is 34.6 Å². The van der Waals surface area contributed by atoms with Crippen molar-refractivity contribution >= 4 is 11.6 Å². The molecular weight excluding hydrogens is 275 g/mol. The molecule has 2 rings (SSSR count). The molecule has 0 bridgehead atoms. The van der Waals surface area contributed by atoms with Gasteiger partial charge in [0, 0.05) is 18.6 Å². The minimum absolute atomic E-state index is 0.181. The highest BCUT2D eigenvalue weighted by molar-refractivity contribution is 6.30. The Labute approximate surface area is 126 Å². The molecular formula is C16H24ClFN2. The van der Waals surface area contributed by atoms with Crippen LogP contribution < -0.4 is 5.32 Å². The van der Waals surface area contributed by atoms with Gasteiger partial charge in [0.15, 0.2) is 0 Å². The van der Waals surface area contributed by atoms with Gasteiger partial charge in [0.2, 0.25) is 0 Å². The molecule has 1 aromatic carbocycles. The van der Waals surface area contributed by atoms with Crippen molar-refractivity contribution < 1.29 is 4.39 Å². The molecule has 1 N–H and O–H groups in total. The molecule has 1 aliphatic heterocycles. The lowest BCUT2D eigenvalue weighted by molar-refractivity contribution is 0.168. The second-order valence-corrected chi connectivity index (χ2v) is 6.16. The van der Waals surface area contributed by atoms with Gasteiger partial charge in [0.1, 0.15) is 5.82 Å². The fourth-order valence-electron chi connectivity index (χ4n) is 2.74. The molecule has 1 heterocycles. The van der Waals surface area contributed by atoms with Crippen molar-refractivity contribution in [3.63, 3.8) is 0 Å². The summed E-state index contributed by atoms with van der Waals surface area (Å²) in [6.07, 6.45) is 3.99. The summed E-state index contributed by atoms with van der Waals surface area (Å²) >= 11 is 5.83. The lowest BCUT2D eigenvalue weighted by Crippen LogP contribution is -2.43. The summed E-state index contributed by atoms with van der Waals surface area (Å²) in [5, 5.41) is 3.71. The van der Waals surface area contributed by atoms with Crippen molar-refractivity contribution in [2.24, 2.45) is 0 Å². The van der Waals surface area contributed by atoms with Gasteiger partial charge in [-0.05, 0) is 57.5 Å². The van der Waals surface area contributed by atoms with E-state index in [1.54, 1.807) is 12.1 Å². The fraction of sp³-hybridized carbons (Fsp3) is 0.625. The normalized spacial score (nSPS) is 19.8. The molecule has 2 nitrogen and oxygen atoms in total. The van der Waals surface area contributed by atoms with Crippen LogP contribution in [0.5, 0.6) is 0 Å². The Morgan fingerprint density at radius 1 is 1.25 bits per heavy atom. The number of rotatable bonds is 5. The van der Waals surface area contributed by atoms with Crippen LogP contribution in [0, 0.1) is 5.82 Å². The van der Waals surface area contributed by atoms with E-state index in [4.69, 9.17) is 11.6 Å². The van der Waals surface area contributed by atoms with Gasteiger partial charge in [0.25, 0.3) is 0 Å². The van der Waals surface area contributed by atoms with Gasteiger partial charge in [-0.1, -0.05) is 24.1 Å². The summed E-state index contributed by atoms with van der Waals surface area (Å²) in [6, 6.07) is 5.66. The first-order chi connectivity index (χ1) is 9.58. The maximum absolute atomic E-state index is 13.2. The molecule has 0 radical (unpaired) electrons. The average Bonchev–Trinajstić information content (AvgIpc) is 2.48. The van der Waals surface area contributed by atoms with E-state index >= 15 is 0 Å². The van der Waals surface area contributed by atoms with Gasteiger partial charge < -0.3 is 5.32 Å². The predicted molar refractivity (Wildman–Crippen MR) is 82.7 cm³/mol. The number of nitrogens with zero attached hydrogens (tertiary/aromatic N) is 1. The van der Waals surface area contributed by atoms with Gasteiger partial charge in [0.05, 0.1) is 5.02 Å². The SMILES string of the molecule is CC(NCC(C)N1CCCCC1)c1ccc(F)c(Cl)c1. The molecule has 20 heavy (non-hydrogen) atoms. The predicted octanol–water partition coefficient (Wildman–Crippen LogP) is 4.00. The minimum Gasteiger partial charge on any atom is -0.309 e. The molecule has 4 heteroatoms. The minimum atomic E-state index is -0.357. The first-order valence-corrected chi connectivity index (χ1v) is 7.88. The molecule has 0 saturated carbocycles. The smallest absolute Gasteiger partial charge is 0.141 e. The van der Waals surface area contributed by atoms with Gasteiger partial charge in [-0.2, -0.15) is 0 Å². The summed E-state index contributed by atoms with van der Waals surface area (Å²) in [5.74, 6) is -0.357. The summed E-state index contributed by atoms with van der Waals surface area (Å²) in [4.78, 5) is 2.54. The molecule has 1 saturated heterocycles. The molecule has 0 spiro atoms. The number of piperidine rings is 1. The summed E-state index contributed by atoms with van der Waals surface area (Å²) in [7, 11) is 0. The monoisotopic (exact) mass is 298 g/mol. The maximum atomic E-state index is 13.2. The summed E-state index contributed by atoms with van der Waals surface area (Å²) in [6.45, 7) is 7.71. The number of likely N-dealkylation sites (tertiary alicyclic amines) is 1. The molecule has 0 aliphatic carbocycles. The lowest BCUT2D eigenvalue weighted by atomic mass is 10.1. The summed E-state index contributed by atoms with van der Waals surface area (Å²) < 4.78 is 13.2. The molecule has 1 aliphatic rings. The third-order valence-electron chi connectivity index (χ3n) is 4.18. The average molecular weight is 299 g/mol. The zero-order valence-corrected chi connectivity index (χ0v) is 13.1. The van der Waals surface area contributed by atoms with E-state index < -0.39 is 0 Å². The number of hydrogen-bond donors (Lipinski definition) is 1. The topological polar surface area (TPSA) is 15.3 Å². The van der Waals surface area contributed by atoms with Crippen LogP contribution in [0.2, 0.25) is 5.02 Å². The standard InChI is InChI=1S/C16H24ClFN2/c1-12(20-8-4-3-5-9-20)11-19-13(2)14-6-7-16(18)15(17)10-14/h6-7,10,12-13,19H,3-5,8-9,11H2,1-2H3. The van der Waals surface area contributed by atoms with Crippen molar-refractivity contribution in [1.29, 1.82) is 0 Å². The van der Waals surface area contributed by atoms with Crippen LogP contribution in [0.25, 0.3) is 0 Å². The highest BCUT2D eigenvalue weighted by Gasteiger charge is 2.17. The number of nitrogens with one attached hydrogen (secondary N) is 1. The third-order valence-corrected chi connectivity index (χ3v) is 4.47. The Kier molecular flexibility index (Phi) is 5.82. The lowest BCUT2D eigenvalue weighted by Gasteiger charge is -2.33. The van der Waals surface area contributed by atoms with Crippen molar-refractivity contribution in [2.75, 3.05) is 19.6 Å². The largest absolute Gasteiger partial charge is 0.309 e. The van der Waals surface area contributed by atoms with E-state index in [0.717, 1.165) is 12.1 Å². The maximum Gasteiger partial charge on any atom is 0.141 e. The van der Waals surface area contributed by atoms with E-state index in [1.807, 2.05) is 0 Å². The highest BCUT2D eigenvalue weighted by Crippen LogP contribution is 2.21. The molecule has 112 valence electrons. The van der Waals surface area contributed by atoms with Crippen molar-refractivity contribution in [2.45, 2.75) is 45.2 Å². The van der Waals surface area contributed by atoms with Crippen molar-refractivity contribution in [3.8, 4) is 0 Å². The zero-order valence-electron chi connectivity index (χ0n) is 12.3. The second-order valence-electron chi connectivity index (χ2n) is 5.75. The van der Waals surface area contributed by atoms with Gasteiger partial charge in [-0.15, -0.1) is 0 Å². The Morgan fingerprint density at radius 3 is 2.60 bits per heavy atom. The zero-order chi connectivity index (χ0) is 14.5. The second kappa shape index (κ2) is 7.39. The van der Waals surface area contributed by atoms with Crippen molar-refractivity contribution in [1.82, 2.24) is 10.2 Å². The van der Waals surface area contributed by atoms with Crippen LogP contribution in [0.15, 0.2) is 18.2 Å². The van der Waals surface area contributed by atoms with E-state index in [-0.39, 0.29) is 16.9 Å². The van der Waals surface area contributed by atoms with Crippen LogP contribution in [-0.2, 0) is 0 Å². The van der Waals surface area contributed by atoms with Crippen LogP contribution in [-0.4, -0.2) is 30.6 Å². The Bertz CT molecular complexity index is 432. The van der Waals surface area contributed by atoms with Gasteiger partial charge in [-0.3, -0.25) is 4.90 Å². The Morgan fingerprint density at radius 2 is 1.95 bits per heavy atom. The van der Waals surface area contributed by atoms with Gasteiger partial charge >= 0.3 is 0 Å². The molecule has 0 amide bonds. The van der Waals surface area contributed by atoms with Crippen LogP contribution in [0.1, 0.15) is 44.7 Å². The molecule has 2 unspecified atom stereocenters. The highest BCUT2D eigenvalue weighted by atomic mass is 35.5. The molecule has 1 aromatic rings. The number of halogens is 2. The van der Waals surface area contributed by atoms with E-state index in [9.17, 15) is 4.39 Å². The van der Waals surface area contributed by atoms with Crippen LogP contribution in [0.4, 0.5) is 4.39 Å². The van der Waals surface area contributed by atoms with E-state index in [2.05, 4.69) is 24.1 Å². The molecule has 0 aromatic heterocycles. The van der Waals surface area contributed by atoms with Crippen LogP contribution in [0.3, 0.4) is 0 Å². The Hall–Kier alpha value is -0.640. The first-order valence-electron chi connectivity index (χ1n) is 7.50. The van der Waals surface area contributed by atoms with Gasteiger partial charge in [-0.25, -0.2) is 4.39 Å². The fourth-order valence-corrected chi connectivity index (χ4v) is 2.92. The number of benzene rings is 1. The van der Waals surface area contributed by atoms with E-state index in [1.165, 1.54) is 38.4 Å². The third kappa shape index (κ3) is 4.18. The molecule has 1 fully saturated rings. The quantitative estimate of drug-likeness (QED) is 0.884. The number of hydrogen-bond acceptors (Lipinski definition) is 2. The van der Waals surface area contributed by atoms with Crippen LogP contribution >= 0.6 is 11.6 Å². The summed E-state index contributed by atoms with van der Waals surface area (Å²) in [5.41, 5.74) is 1.03. The molecule has 2 atom stereocenters.